The van der Waals surface area contributed by atoms with Gasteiger partial charge in [-0.05, 0) is 55.7 Å². The summed E-state index contributed by atoms with van der Waals surface area (Å²) in [5.41, 5.74) is 18.9. The van der Waals surface area contributed by atoms with Crippen LogP contribution in [0.5, 0.6) is 0 Å². The van der Waals surface area contributed by atoms with Gasteiger partial charge in [-0.25, -0.2) is 9.59 Å². The highest BCUT2D eigenvalue weighted by Gasteiger charge is 2.35. The van der Waals surface area contributed by atoms with Crippen molar-refractivity contribution in [3.8, 4) is 0 Å². The Balaban J connectivity index is -0.000000176. The highest BCUT2D eigenvalue weighted by atomic mass is 32.1. The van der Waals surface area contributed by atoms with Crippen molar-refractivity contribution in [3.63, 3.8) is 0 Å². The highest BCUT2D eigenvalue weighted by molar-refractivity contribution is 7.81. The summed E-state index contributed by atoms with van der Waals surface area (Å²) in [6.07, 6.45) is 10.0. The summed E-state index contributed by atoms with van der Waals surface area (Å²) in [5, 5.41) is 4.92. The first kappa shape index (κ1) is 67.9. The highest BCUT2D eigenvalue weighted by Crippen LogP contribution is 2.18. The van der Waals surface area contributed by atoms with Crippen molar-refractivity contribution in [3.05, 3.63) is 29.8 Å². The molecule has 0 aliphatic carbocycles. The number of anilines is 1. The van der Waals surface area contributed by atoms with Crippen molar-refractivity contribution in [2.45, 2.75) is 158 Å². The normalized spacial score (nSPS) is 12.2. The number of amides is 9. The zero-order valence-corrected chi connectivity index (χ0v) is 40.3. The van der Waals surface area contributed by atoms with Crippen LogP contribution in [0, 0.1) is 11.8 Å². The van der Waals surface area contributed by atoms with Crippen LogP contribution in [0.1, 0.15) is 146 Å². The molecule has 18 heteroatoms. The molecular formula is C43H84N8O9S. The monoisotopic (exact) mass is 889 g/mol. The van der Waals surface area contributed by atoms with E-state index in [0.29, 0.717) is 31.3 Å². The van der Waals surface area contributed by atoms with Crippen LogP contribution in [0.4, 0.5) is 15.3 Å². The SMILES string of the molecule is CC.CC(C)CCC(=O)Nc1ccc(COC(=O)N(C)C(C)C(C)C)cc1.CCCC.CCCCCCN1C(=O)CC(S)C1=O.CCCNC(N)=O.NC=O.NC=O.NC=O. The van der Waals surface area contributed by atoms with Crippen LogP contribution in [0.25, 0.3) is 0 Å². The molecule has 1 saturated heterocycles. The van der Waals surface area contributed by atoms with E-state index in [0.717, 1.165) is 43.4 Å². The van der Waals surface area contributed by atoms with Crippen molar-refractivity contribution in [1.29, 1.82) is 0 Å². The van der Waals surface area contributed by atoms with Gasteiger partial charge in [0.05, 0.1) is 5.25 Å². The van der Waals surface area contributed by atoms with E-state index in [2.05, 4.69) is 88.9 Å². The summed E-state index contributed by atoms with van der Waals surface area (Å²) < 4.78 is 5.35. The molecule has 10 N–H and O–H groups in total. The van der Waals surface area contributed by atoms with Crippen molar-refractivity contribution < 1.29 is 43.1 Å². The summed E-state index contributed by atoms with van der Waals surface area (Å²) in [4.78, 5) is 85.2. The number of nitrogens with zero attached hydrogens (tertiary/aromatic N) is 2. The van der Waals surface area contributed by atoms with E-state index in [4.69, 9.17) is 24.9 Å². The molecule has 356 valence electrons. The van der Waals surface area contributed by atoms with Crippen LogP contribution >= 0.6 is 12.6 Å². The molecule has 9 amide bonds. The number of nitrogens with two attached hydrogens (primary N) is 4. The van der Waals surface area contributed by atoms with Gasteiger partial charge >= 0.3 is 12.1 Å². The number of hydrogen-bond acceptors (Lipinski definition) is 10. The standard InChI is InChI=1S/C20H32N2O3.C10H17NO2S.C4H10N2O.C4H10.C2H6.3CH3NO/c1-14(2)7-12-19(23)21-18-10-8-17(9-11-18)13-25-20(24)22(6)16(5)15(3)4;1-2-3-4-5-6-11-9(12)7-8(14)10(11)13;1-2-3-6-4(5)7;1-3-4-2;1-2;3*2-1-3/h8-11,14-16H,7,12-13H2,1-6H3,(H,21,23);8,14H,2-7H2,1H3;2-3H2,1H3,(H3,5,6,7);3-4H2,1-2H3;1-2H3;3*1H,(H2,2,3). The minimum Gasteiger partial charge on any atom is -0.445 e. The maximum Gasteiger partial charge on any atom is 0.410 e. The Hall–Kier alpha value is -4.87. The maximum absolute atomic E-state index is 12.0. The number of carbonyl (C=O) groups is 8. The second-order valence-corrected chi connectivity index (χ2v) is 14.3. The van der Waals surface area contributed by atoms with E-state index >= 15 is 0 Å². The van der Waals surface area contributed by atoms with Crippen molar-refractivity contribution in [1.82, 2.24) is 15.1 Å². The summed E-state index contributed by atoms with van der Waals surface area (Å²) in [5.74, 6) is 0.731. The zero-order chi connectivity index (χ0) is 48.8. The van der Waals surface area contributed by atoms with Crippen LogP contribution in [0.2, 0.25) is 0 Å². The fourth-order valence-corrected chi connectivity index (χ4v) is 4.33. The second kappa shape index (κ2) is 49.5. The number of urea groups is 1. The Morgan fingerprint density at radius 2 is 1.34 bits per heavy atom. The van der Waals surface area contributed by atoms with Gasteiger partial charge in [-0.15, -0.1) is 0 Å². The Bertz CT molecular complexity index is 1240. The van der Waals surface area contributed by atoms with Crippen LogP contribution in [0.3, 0.4) is 0 Å². The lowest BCUT2D eigenvalue weighted by Crippen LogP contribution is -2.38. The van der Waals surface area contributed by atoms with E-state index in [-0.39, 0.29) is 62.1 Å². The first-order chi connectivity index (χ1) is 28.8. The predicted octanol–water partition coefficient (Wildman–Crippen LogP) is 6.50. The molecule has 0 spiro atoms. The fraction of sp³-hybridized carbons (Fsp3) is 0.674. The molecule has 2 atom stereocenters. The van der Waals surface area contributed by atoms with Crippen LogP contribution in [-0.2, 0) is 40.1 Å². The number of nitrogens with one attached hydrogen (secondary N) is 2. The van der Waals surface area contributed by atoms with E-state index in [1.807, 2.05) is 52.0 Å². The van der Waals surface area contributed by atoms with Gasteiger partial charge in [0.1, 0.15) is 6.61 Å². The Morgan fingerprint density at radius 1 is 0.852 bits per heavy atom. The van der Waals surface area contributed by atoms with Gasteiger partial charge in [-0.1, -0.05) is 113 Å². The lowest BCUT2D eigenvalue weighted by atomic mass is 10.1. The second-order valence-electron chi connectivity index (χ2n) is 13.7. The summed E-state index contributed by atoms with van der Waals surface area (Å²) in [6.45, 7) is 24.3. The average Bonchev–Trinajstić information content (AvgIpc) is 3.47. The largest absolute Gasteiger partial charge is 0.445 e. The molecule has 2 rings (SSSR count). The molecule has 17 nitrogen and oxygen atoms in total. The average molecular weight is 889 g/mol. The smallest absolute Gasteiger partial charge is 0.410 e. The van der Waals surface area contributed by atoms with Gasteiger partial charge in [0, 0.05) is 44.7 Å². The molecule has 2 unspecified atom stereocenters. The minimum atomic E-state index is -0.443. The molecule has 1 aliphatic rings. The first-order valence-corrected chi connectivity index (χ1v) is 21.6. The van der Waals surface area contributed by atoms with Crippen LogP contribution in [-0.4, -0.2) is 90.3 Å². The van der Waals surface area contributed by atoms with Gasteiger partial charge in [0.15, 0.2) is 0 Å². The third-order valence-corrected chi connectivity index (χ3v) is 8.32. The number of unbranched alkanes of at least 4 members (excludes halogenated alkanes) is 4. The fourth-order valence-electron chi connectivity index (χ4n) is 4.03. The summed E-state index contributed by atoms with van der Waals surface area (Å²) in [6, 6.07) is 7.06. The molecule has 0 aromatic heterocycles. The third kappa shape index (κ3) is 46.1. The van der Waals surface area contributed by atoms with Gasteiger partial charge in [-0.2, -0.15) is 12.6 Å². The summed E-state index contributed by atoms with van der Waals surface area (Å²) >= 11 is 4.06. The van der Waals surface area contributed by atoms with Crippen molar-refractivity contribution >= 4 is 67.4 Å². The van der Waals surface area contributed by atoms with Crippen molar-refractivity contribution in [2.75, 3.05) is 25.5 Å². The van der Waals surface area contributed by atoms with E-state index in [1.54, 1.807) is 11.9 Å². The van der Waals surface area contributed by atoms with E-state index in [9.17, 15) is 24.0 Å². The van der Waals surface area contributed by atoms with Crippen LogP contribution < -0.4 is 33.6 Å². The number of likely N-dealkylation sites (tertiary alicyclic amines) is 1. The first-order valence-electron chi connectivity index (χ1n) is 21.1. The Morgan fingerprint density at radius 3 is 1.69 bits per heavy atom. The number of carbonyl (C=O) groups excluding carboxylic acids is 8. The number of hydrogen-bond donors (Lipinski definition) is 7. The number of thiol groups is 1. The zero-order valence-electron chi connectivity index (χ0n) is 39.4. The van der Waals surface area contributed by atoms with Crippen molar-refractivity contribution in [2.24, 2.45) is 34.8 Å². The molecular weight excluding hydrogens is 805 g/mol. The van der Waals surface area contributed by atoms with Crippen LogP contribution in [0.15, 0.2) is 24.3 Å². The molecule has 1 aliphatic heterocycles. The van der Waals surface area contributed by atoms with Gasteiger partial charge in [0.25, 0.3) is 0 Å². The number of primary amides is 4. The molecule has 0 saturated carbocycles. The lowest BCUT2D eigenvalue weighted by molar-refractivity contribution is -0.138. The predicted molar refractivity (Wildman–Crippen MR) is 250 cm³/mol. The van der Waals surface area contributed by atoms with Gasteiger partial charge in [0.2, 0.25) is 37.0 Å². The third-order valence-electron chi connectivity index (χ3n) is 7.92. The Kier molecular flexibility index (Phi) is 55.1. The maximum atomic E-state index is 12.0. The van der Waals surface area contributed by atoms with E-state index in [1.165, 1.54) is 24.2 Å². The van der Waals surface area contributed by atoms with Gasteiger partial charge < -0.3 is 43.2 Å². The number of benzene rings is 1. The molecule has 1 heterocycles. The molecule has 1 aromatic carbocycles. The lowest BCUT2D eigenvalue weighted by Gasteiger charge is -2.27. The quantitative estimate of drug-likeness (QED) is 0.0412. The molecule has 1 fully saturated rings. The molecule has 1 aromatic rings. The topological polar surface area (TPSA) is 280 Å². The molecule has 0 radical (unpaired) electrons. The van der Waals surface area contributed by atoms with E-state index < -0.39 is 11.3 Å². The summed E-state index contributed by atoms with van der Waals surface area (Å²) in [7, 11) is 1.75. The molecule has 0 bridgehead atoms. The number of rotatable bonds is 16. The Labute approximate surface area is 373 Å². The number of ether oxygens (including phenoxy) is 1. The minimum absolute atomic E-state index is 0.0252. The number of imide groups is 1. The van der Waals surface area contributed by atoms with Gasteiger partial charge in [-0.3, -0.25) is 33.7 Å². The molecule has 61 heavy (non-hydrogen) atoms.